The highest BCUT2D eigenvalue weighted by Crippen LogP contribution is 2.19. The van der Waals surface area contributed by atoms with Gasteiger partial charge in [0.25, 0.3) is 5.56 Å². The molecule has 1 fully saturated rings. The lowest BCUT2D eigenvalue weighted by Gasteiger charge is -2.28. The normalized spacial score (nSPS) is 18.8. The van der Waals surface area contributed by atoms with Crippen LogP contribution in [-0.4, -0.2) is 45.5 Å². The van der Waals surface area contributed by atoms with Crippen LogP contribution < -0.4 is 16.6 Å². The van der Waals surface area contributed by atoms with E-state index in [0.29, 0.717) is 18.6 Å². The fourth-order valence-corrected chi connectivity index (χ4v) is 2.92. The van der Waals surface area contributed by atoms with Crippen molar-refractivity contribution in [2.75, 3.05) is 13.1 Å². The molecule has 0 aromatic carbocycles. The quantitative estimate of drug-likeness (QED) is 0.769. The van der Waals surface area contributed by atoms with E-state index < -0.39 is 11.2 Å². The number of carbonyl (C=O) groups excluding carboxylic acids is 1. The van der Waals surface area contributed by atoms with Crippen LogP contribution in [0.3, 0.4) is 0 Å². The molecule has 1 aliphatic heterocycles. The molecule has 1 saturated heterocycles. The molecule has 1 amide bonds. The van der Waals surface area contributed by atoms with Crippen molar-refractivity contribution in [2.45, 2.75) is 51.7 Å². The van der Waals surface area contributed by atoms with E-state index in [9.17, 15) is 14.4 Å². The van der Waals surface area contributed by atoms with Crippen molar-refractivity contribution in [3.63, 3.8) is 0 Å². The fourth-order valence-electron chi connectivity index (χ4n) is 2.92. The summed E-state index contributed by atoms with van der Waals surface area (Å²) >= 11 is 0. The minimum Gasteiger partial charge on any atom is -0.354 e. The van der Waals surface area contributed by atoms with Crippen LogP contribution in [0.15, 0.2) is 21.9 Å². The molecule has 0 bridgehead atoms. The van der Waals surface area contributed by atoms with E-state index >= 15 is 0 Å². The smallest absolute Gasteiger partial charge is 0.328 e. The van der Waals surface area contributed by atoms with Gasteiger partial charge in [-0.25, -0.2) is 4.79 Å². The summed E-state index contributed by atoms with van der Waals surface area (Å²) < 4.78 is 1.33. The zero-order valence-electron chi connectivity index (χ0n) is 13.2. The lowest BCUT2D eigenvalue weighted by Crippen LogP contribution is -2.43. The van der Waals surface area contributed by atoms with Crippen molar-refractivity contribution in [3.8, 4) is 0 Å². The lowest BCUT2D eigenvalue weighted by molar-refractivity contribution is -0.121. The Morgan fingerprint density at radius 1 is 1.45 bits per heavy atom. The van der Waals surface area contributed by atoms with Crippen LogP contribution >= 0.6 is 0 Å². The van der Waals surface area contributed by atoms with Gasteiger partial charge in [-0.05, 0) is 33.2 Å². The van der Waals surface area contributed by atoms with Crippen LogP contribution in [0, 0.1) is 0 Å². The first-order chi connectivity index (χ1) is 10.5. The molecule has 2 rings (SSSR count). The summed E-state index contributed by atoms with van der Waals surface area (Å²) in [6, 6.07) is 2.17. The molecule has 1 aromatic heterocycles. The van der Waals surface area contributed by atoms with Gasteiger partial charge in [0, 0.05) is 43.9 Å². The number of amides is 1. The van der Waals surface area contributed by atoms with Gasteiger partial charge in [0.15, 0.2) is 0 Å². The van der Waals surface area contributed by atoms with Crippen molar-refractivity contribution < 1.29 is 4.79 Å². The molecule has 1 aliphatic rings. The molecular weight excluding hydrogens is 284 g/mol. The molecule has 0 unspecified atom stereocenters. The Bertz CT molecular complexity index is 620. The van der Waals surface area contributed by atoms with Gasteiger partial charge in [0.2, 0.25) is 5.91 Å². The fraction of sp³-hybridized carbons (Fsp3) is 0.667. The molecule has 7 heteroatoms. The van der Waals surface area contributed by atoms with Crippen LogP contribution in [0.4, 0.5) is 0 Å². The third-order valence-electron chi connectivity index (χ3n) is 4.10. The third kappa shape index (κ3) is 4.30. The number of H-pyrrole nitrogens is 1. The molecule has 22 heavy (non-hydrogen) atoms. The maximum atomic E-state index is 11.9. The van der Waals surface area contributed by atoms with E-state index in [1.807, 2.05) is 0 Å². The first kappa shape index (κ1) is 16.5. The molecule has 2 heterocycles. The van der Waals surface area contributed by atoms with Crippen LogP contribution in [0.2, 0.25) is 0 Å². The summed E-state index contributed by atoms with van der Waals surface area (Å²) in [5.41, 5.74) is -0.914. The number of hydrogen-bond acceptors (Lipinski definition) is 4. The van der Waals surface area contributed by atoms with Crippen LogP contribution in [0.25, 0.3) is 0 Å². The minimum absolute atomic E-state index is 0.0753. The van der Waals surface area contributed by atoms with Gasteiger partial charge < -0.3 is 9.88 Å². The van der Waals surface area contributed by atoms with E-state index in [1.165, 1.54) is 23.3 Å². The summed E-state index contributed by atoms with van der Waals surface area (Å²) in [7, 11) is 0. The predicted octanol–water partition coefficient (Wildman–Crippen LogP) is -0.0843. The van der Waals surface area contributed by atoms with Gasteiger partial charge in [-0.2, -0.15) is 0 Å². The monoisotopic (exact) mass is 308 g/mol. The molecule has 1 atom stereocenters. The molecule has 0 saturated carbocycles. The number of nitrogens with zero attached hydrogens (tertiary/aromatic N) is 2. The van der Waals surface area contributed by atoms with Crippen molar-refractivity contribution in [1.29, 1.82) is 0 Å². The number of carbonyl (C=O) groups is 1. The van der Waals surface area contributed by atoms with E-state index in [0.717, 1.165) is 13.0 Å². The Balaban J connectivity index is 1.78. The summed E-state index contributed by atoms with van der Waals surface area (Å²) in [6.07, 6.45) is 3.91. The number of nitrogens with one attached hydrogen (secondary N) is 2. The van der Waals surface area contributed by atoms with Gasteiger partial charge in [-0.1, -0.05) is 0 Å². The highest BCUT2D eigenvalue weighted by atomic mass is 16.2. The number of rotatable bonds is 6. The molecule has 0 spiro atoms. The van der Waals surface area contributed by atoms with Gasteiger partial charge in [0.05, 0.1) is 0 Å². The third-order valence-corrected chi connectivity index (χ3v) is 4.10. The lowest BCUT2D eigenvalue weighted by atomic mass is 10.2. The Hall–Kier alpha value is -1.89. The first-order valence-electron chi connectivity index (χ1n) is 7.79. The van der Waals surface area contributed by atoms with Crippen molar-refractivity contribution >= 4 is 5.91 Å². The van der Waals surface area contributed by atoms with Gasteiger partial charge in [-0.15, -0.1) is 0 Å². The van der Waals surface area contributed by atoms with Gasteiger partial charge in [-0.3, -0.25) is 19.5 Å². The average Bonchev–Trinajstić information content (AvgIpc) is 2.92. The molecule has 0 radical (unpaired) electrons. The first-order valence-corrected chi connectivity index (χ1v) is 7.79. The Kier molecular flexibility index (Phi) is 5.54. The van der Waals surface area contributed by atoms with Crippen molar-refractivity contribution in [1.82, 2.24) is 19.8 Å². The van der Waals surface area contributed by atoms with Gasteiger partial charge >= 0.3 is 5.69 Å². The standard InChI is InChI=1S/C15H24N4O3/c1-11(2)19-7-3-4-12(19)10-16-13(20)5-8-18-9-6-14(21)17-15(18)22/h6,9,11-12H,3-5,7-8,10H2,1-2H3,(H,16,20)(H,17,21,22)/t12-/m0/s1. The number of aromatic nitrogens is 2. The molecule has 0 aliphatic carbocycles. The zero-order valence-corrected chi connectivity index (χ0v) is 13.2. The Labute approximate surface area is 129 Å². The molecule has 122 valence electrons. The van der Waals surface area contributed by atoms with Crippen LogP contribution in [-0.2, 0) is 11.3 Å². The second-order valence-corrected chi connectivity index (χ2v) is 5.99. The van der Waals surface area contributed by atoms with Crippen molar-refractivity contribution in [3.05, 3.63) is 33.1 Å². The number of hydrogen-bond donors (Lipinski definition) is 2. The van der Waals surface area contributed by atoms with E-state index in [4.69, 9.17) is 0 Å². The minimum atomic E-state index is -0.484. The molecule has 2 N–H and O–H groups in total. The second-order valence-electron chi connectivity index (χ2n) is 5.99. The SMILES string of the molecule is CC(C)N1CCC[C@H]1CNC(=O)CCn1ccc(=O)[nH]c1=O. The topological polar surface area (TPSA) is 87.2 Å². The van der Waals surface area contributed by atoms with E-state index in [1.54, 1.807) is 0 Å². The van der Waals surface area contributed by atoms with E-state index in [-0.39, 0.29) is 18.9 Å². The summed E-state index contributed by atoms with van der Waals surface area (Å²) in [5.74, 6) is -0.0753. The molecule has 7 nitrogen and oxygen atoms in total. The van der Waals surface area contributed by atoms with Crippen molar-refractivity contribution in [2.24, 2.45) is 0 Å². The van der Waals surface area contributed by atoms with Crippen LogP contribution in [0.1, 0.15) is 33.1 Å². The second kappa shape index (κ2) is 7.40. The number of aromatic amines is 1. The maximum Gasteiger partial charge on any atom is 0.328 e. The highest BCUT2D eigenvalue weighted by Gasteiger charge is 2.26. The largest absolute Gasteiger partial charge is 0.354 e. The Morgan fingerprint density at radius 3 is 2.91 bits per heavy atom. The molecule has 1 aromatic rings. The molecular formula is C15H24N4O3. The number of likely N-dealkylation sites (tertiary alicyclic amines) is 1. The summed E-state index contributed by atoms with van der Waals surface area (Å²) in [5, 5.41) is 2.94. The van der Waals surface area contributed by atoms with E-state index in [2.05, 4.69) is 29.0 Å². The van der Waals surface area contributed by atoms with Crippen LogP contribution in [0.5, 0.6) is 0 Å². The average molecular weight is 308 g/mol. The maximum absolute atomic E-state index is 11.9. The summed E-state index contributed by atoms with van der Waals surface area (Å²) in [4.78, 5) is 39.0. The van der Waals surface area contributed by atoms with Gasteiger partial charge in [0.1, 0.15) is 0 Å². The predicted molar refractivity (Wildman–Crippen MR) is 83.8 cm³/mol. The summed E-state index contributed by atoms with van der Waals surface area (Å²) in [6.45, 7) is 6.34. The Morgan fingerprint density at radius 2 is 2.23 bits per heavy atom. The number of aryl methyl sites for hydroxylation is 1. The zero-order chi connectivity index (χ0) is 16.1. The highest BCUT2D eigenvalue weighted by molar-refractivity contribution is 5.75.